The second-order valence-corrected chi connectivity index (χ2v) is 6.18. The summed E-state index contributed by atoms with van der Waals surface area (Å²) in [6.45, 7) is 0. The van der Waals surface area contributed by atoms with Gasteiger partial charge in [-0.3, -0.25) is 14.2 Å². The minimum absolute atomic E-state index is 0.150. The highest BCUT2D eigenvalue weighted by atomic mass is 16.5. The summed E-state index contributed by atoms with van der Waals surface area (Å²) in [4.78, 5) is 36.5. The van der Waals surface area contributed by atoms with Gasteiger partial charge in [0.15, 0.2) is 0 Å². The highest BCUT2D eigenvalue weighted by molar-refractivity contribution is 5.80. The molecule has 0 unspecified atom stereocenters. The highest BCUT2D eigenvalue weighted by Crippen LogP contribution is 2.17. The zero-order valence-corrected chi connectivity index (χ0v) is 14.9. The maximum Gasteiger partial charge on any atom is 0.335 e. The molecule has 0 bridgehead atoms. The Kier molecular flexibility index (Phi) is 4.83. The van der Waals surface area contributed by atoms with E-state index in [4.69, 9.17) is 15.6 Å². The molecule has 0 amide bonds. The third-order valence-corrected chi connectivity index (χ3v) is 4.44. The van der Waals surface area contributed by atoms with Crippen molar-refractivity contribution in [2.75, 3.05) is 7.11 Å². The molecule has 1 heterocycles. The van der Waals surface area contributed by atoms with Crippen molar-refractivity contribution in [3.05, 3.63) is 68.9 Å². The number of hydrogen-bond acceptors (Lipinski definition) is 5. The quantitative estimate of drug-likeness (QED) is 0.682. The van der Waals surface area contributed by atoms with Crippen molar-refractivity contribution in [3.63, 3.8) is 0 Å². The maximum atomic E-state index is 12.9. The molecule has 0 aliphatic heterocycles. The number of methoxy groups -OCH3 is 1. The SMILES string of the molecule is COc1ccc2c(c1)c(=O)n(-c1ccc(C[C@H](N)C(=O)O)cc1)c(=O)n2C. The van der Waals surface area contributed by atoms with Gasteiger partial charge in [0.05, 0.1) is 23.7 Å². The van der Waals surface area contributed by atoms with Crippen molar-refractivity contribution in [1.82, 2.24) is 9.13 Å². The fourth-order valence-corrected chi connectivity index (χ4v) is 2.92. The first-order valence-corrected chi connectivity index (χ1v) is 8.21. The Balaban J connectivity index is 2.12. The summed E-state index contributed by atoms with van der Waals surface area (Å²) in [5.74, 6) is -0.574. The number of ether oxygens (including phenoxy) is 1. The van der Waals surface area contributed by atoms with Gasteiger partial charge in [-0.25, -0.2) is 9.36 Å². The number of nitrogens with zero attached hydrogens (tertiary/aromatic N) is 2. The lowest BCUT2D eigenvalue weighted by atomic mass is 10.1. The van der Waals surface area contributed by atoms with Gasteiger partial charge in [-0.05, 0) is 42.3 Å². The van der Waals surface area contributed by atoms with Crippen LogP contribution < -0.4 is 21.7 Å². The molecule has 1 aromatic heterocycles. The van der Waals surface area contributed by atoms with Gasteiger partial charge in [0.25, 0.3) is 5.56 Å². The number of nitrogens with two attached hydrogens (primary N) is 1. The summed E-state index contributed by atoms with van der Waals surface area (Å²) in [5, 5.41) is 9.25. The third kappa shape index (κ3) is 3.34. The van der Waals surface area contributed by atoms with E-state index in [1.54, 1.807) is 49.5 Å². The monoisotopic (exact) mass is 369 g/mol. The zero-order valence-electron chi connectivity index (χ0n) is 14.9. The van der Waals surface area contributed by atoms with Gasteiger partial charge in [-0.2, -0.15) is 0 Å². The second-order valence-electron chi connectivity index (χ2n) is 6.18. The molecular weight excluding hydrogens is 350 g/mol. The van der Waals surface area contributed by atoms with Crippen molar-refractivity contribution in [2.45, 2.75) is 12.5 Å². The molecule has 2 aromatic carbocycles. The molecule has 3 N–H and O–H groups in total. The van der Waals surface area contributed by atoms with Gasteiger partial charge in [-0.15, -0.1) is 0 Å². The molecule has 27 heavy (non-hydrogen) atoms. The molecule has 3 rings (SSSR count). The molecule has 0 fully saturated rings. The molecule has 0 saturated carbocycles. The van der Waals surface area contributed by atoms with Crippen LogP contribution in [0.3, 0.4) is 0 Å². The summed E-state index contributed by atoms with van der Waals surface area (Å²) >= 11 is 0. The largest absolute Gasteiger partial charge is 0.497 e. The van der Waals surface area contributed by atoms with Crippen molar-refractivity contribution >= 4 is 16.9 Å². The number of carbonyl (C=O) groups is 1. The highest BCUT2D eigenvalue weighted by Gasteiger charge is 2.15. The van der Waals surface area contributed by atoms with Crippen LogP contribution in [0.1, 0.15) is 5.56 Å². The molecule has 8 nitrogen and oxygen atoms in total. The lowest BCUT2D eigenvalue weighted by Crippen LogP contribution is -2.37. The summed E-state index contributed by atoms with van der Waals surface area (Å²) in [7, 11) is 3.09. The van der Waals surface area contributed by atoms with Crippen LogP contribution in [0.25, 0.3) is 16.6 Å². The van der Waals surface area contributed by atoms with Crippen LogP contribution in [0.15, 0.2) is 52.1 Å². The number of aromatic nitrogens is 2. The lowest BCUT2D eigenvalue weighted by molar-refractivity contribution is -0.138. The molecule has 0 saturated heterocycles. The van der Waals surface area contributed by atoms with E-state index >= 15 is 0 Å². The number of carboxylic acid groups (broad SMARTS) is 1. The standard InChI is InChI=1S/C19H19N3O5/c1-21-16-8-7-13(27-2)10-14(16)17(23)22(19(21)26)12-5-3-11(4-6-12)9-15(20)18(24)25/h3-8,10,15H,9,20H2,1-2H3,(H,24,25)/t15-/m0/s1. The predicted octanol–water partition coefficient (Wildman–Crippen LogP) is 0.652. The number of hydrogen-bond donors (Lipinski definition) is 2. The lowest BCUT2D eigenvalue weighted by Gasteiger charge is -2.12. The average Bonchev–Trinajstić information content (AvgIpc) is 2.67. The van der Waals surface area contributed by atoms with Gasteiger partial charge in [0.1, 0.15) is 11.8 Å². The number of benzene rings is 2. The number of rotatable bonds is 5. The number of aliphatic carboxylic acids is 1. The number of carboxylic acids is 1. The van der Waals surface area contributed by atoms with E-state index in [9.17, 15) is 14.4 Å². The van der Waals surface area contributed by atoms with Gasteiger partial charge in [0, 0.05) is 7.05 Å². The molecule has 3 aromatic rings. The van der Waals surface area contributed by atoms with Gasteiger partial charge in [0.2, 0.25) is 0 Å². The summed E-state index contributed by atoms with van der Waals surface area (Å²) in [5.41, 5.74) is 6.19. The topological polar surface area (TPSA) is 117 Å². The summed E-state index contributed by atoms with van der Waals surface area (Å²) in [6.07, 6.45) is 0.150. The second kappa shape index (κ2) is 7.08. The fraction of sp³-hybridized carbons (Fsp3) is 0.211. The average molecular weight is 369 g/mol. The van der Waals surface area contributed by atoms with E-state index in [-0.39, 0.29) is 6.42 Å². The normalized spacial score (nSPS) is 12.1. The van der Waals surface area contributed by atoms with Gasteiger partial charge >= 0.3 is 11.7 Å². The van der Waals surface area contributed by atoms with E-state index in [0.29, 0.717) is 27.9 Å². The number of fused-ring (bicyclic) bond motifs is 1. The van der Waals surface area contributed by atoms with Crippen LogP contribution >= 0.6 is 0 Å². The fourth-order valence-electron chi connectivity index (χ4n) is 2.92. The Morgan fingerprint density at radius 1 is 1.19 bits per heavy atom. The smallest absolute Gasteiger partial charge is 0.335 e. The zero-order chi connectivity index (χ0) is 19.7. The molecule has 140 valence electrons. The predicted molar refractivity (Wildman–Crippen MR) is 101 cm³/mol. The first-order valence-electron chi connectivity index (χ1n) is 8.21. The Morgan fingerprint density at radius 3 is 2.44 bits per heavy atom. The van der Waals surface area contributed by atoms with E-state index in [2.05, 4.69) is 0 Å². The Morgan fingerprint density at radius 2 is 1.85 bits per heavy atom. The van der Waals surface area contributed by atoms with Crippen LogP contribution in [0.2, 0.25) is 0 Å². The van der Waals surface area contributed by atoms with E-state index in [0.717, 1.165) is 4.57 Å². The van der Waals surface area contributed by atoms with Crippen molar-refractivity contribution < 1.29 is 14.6 Å². The summed E-state index contributed by atoms with van der Waals surface area (Å²) < 4.78 is 7.64. The van der Waals surface area contributed by atoms with Crippen molar-refractivity contribution in [2.24, 2.45) is 12.8 Å². The number of aryl methyl sites for hydroxylation is 1. The van der Waals surface area contributed by atoms with Crippen molar-refractivity contribution in [1.29, 1.82) is 0 Å². The molecular formula is C19H19N3O5. The first kappa shape index (κ1) is 18.4. The van der Waals surface area contributed by atoms with E-state index in [1.165, 1.54) is 11.7 Å². The van der Waals surface area contributed by atoms with Gasteiger partial charge < -0.3 is 15.6 Å². The van der Waals surface area contributed by atoms with Crippen LogP contribution in [-0.4, -0.2) is 33.4 Å². The molecule has 0 radical (unpaired) electrons. The van der Waals surface area contributed by atoms with Gasteiger partial charge in [-0.1, -0.05) is 12.1 Å². The minimum Gasteiger partial charge on any atom is -0.497 e. The Hall–Kier alpha value is -3.39. The Labute approximate surface area is 154 Å². The maximum absolute atomic E-state index is 12.9. The van der Waals surface area contributed by atoms with Crippen LogP contribution in [-0.2, 0) is 18.3 Å². The van der Waals surface area contributed by atoms with Crippen LogP contribution in [0, 0.1) is 0 Å². The first-order chi connectivity index (χ1) is 12.8. The van der Waals surface area contributed by atoms with Crippen molar-refractivity contribution in [3.8, 4) is 11.4 Å². The molecule has 0 aliphatic carbocycles. The third-order valence-electron chi connectivity index (χ3n) is 4.44. The molecule has 1 atom stereocenters. The van der Waals surface area contributed by atoms with Crippen LogP contribution in [0.5, 0.6) is 5.75 Å². The minimum atomic E-state index is -1.09. The van der Waals surface area contributed by atoms with E-state index in [1.807, 2.05) is 0 Å². The molecule has 0 spiro atoms. The van der Waals surface area contributed by atoms with Crippen LogP contribution in [0.4, 0.5) is 0 Å². The summed E-state index contributed by atoms with van der Waals surface area (Å²) in [6, 6.07) is 10.4. The molecule has 8 heteroatoms. The molecule has 0 aliphatic rings. The Bertz CT molecular complexity index is 1130. The van der Waals surface area contributed by atoms with E-state index < -0.39 is 23.3 Å².